The molecule has 2 N–H and O–H groups in total. The number of nitrogens with zero attached hydrogens (tertiary/aromatic N) is 1. The highest BCUT2D eigenvalue weighted by atomic mass is 32.1. The van der Waals surface area contributed by atoms with Crippen LogP contribution >= 0.6 is 23.6 Å². The summed E-state index contributed by atoms with van der Waals surface area (Å²) >= 11 is 5.97. The quantitative estimate of drug-likeness (QED) is 0.885. The molecule has 0 aliphatic heterocycles. The smallest absolute Gasteiger partial charge is 0.307 e. The van der Waals surface area contributed by atoms with Gasteiger partial charge in [0.05, 0.1) is 6.54 Å². The zero-order chi connectivity index (χ0) is 14.2. The number of aromatic nitrogens is 1. The third-order valence-electron chi connectivity index (χ3n) is 3.04. The van der Waals surface area contributed by atoms with Gasteiger partial charge >= 0.3 is 4.87 Å². The lowest BCUT2D eigenvalue weighted by Gasteiger charge is -2.08. The summed E-state index contributed by atoms with van der Waals surface area (Å²) in [6, 6.07) is 4.58. The van der Waals surface area contributed by atoms with Crippen LogP contribution in [0, 0.1) is 19.7 Å². The SMILES string of the molecule is Cc1sc(=O)n(Cc2ccc(C(N)=S)cc2F)c1C. The van der Waals surface area contributed by atoms with Crippen molar-refractivity contribution < 1.29 is 4.39 Å². The summed E-state index contributed by atoms with van der Waals surface area (Å²) in [5.74, 6) is -0.402. The summed E-state index contributed by atoms with van der Waals surface area (Å²) in [5, 5.41) is 0. The van der Waals surface area contributed by atoms with Crippen LogP contribution in [0.2, 0.25) is 0 Å². The van der Waals surface area contributed by atoms with Crippen molar-refractivity contribution in [2.24, 2.45) is 5.73 Å². The molecule has 0 saturated carbocycles. The minimum atomic E-state index is -0.402. The highest BCUT2D eigenvalue weighted by Gasteiger charge is 2.11. The molecule has 2 aromatic rings. The number of thiocarbonyl (C=S) groups is 1. The van der Waals surface area contributed by atoms with Crippen molar-refractivity contribution in [3.8, 4) is 0 Å². The van der Waals surface area contributed by atoms with Crippen molar-refractivity contribution >= 4 is 28.5 Å². The maximum atomic E-state index is 13.9. The number of aryl methyl sites for hydroxylation is 1. The monoisotopic (exact) mass is 296 g/mol. The first kappa shape index (κ1) is 13.9. The first-order chi connectivity index (χ1) is 8.90. The van der Waals surface area contributed by atoms with E-state index in [1.54, 1.807) is 16.7 Å². The summed E-state index contributed by atoms with van der Waals surface area (Å²) in [7, 11) is 0. The van der Waals surface area contributed by atoms with Gasteiger partial charge in [0.1, 0.15) is 10.8 Å². The molecule has 0 amide bonds. The summed E-state index contributed by atoms with van der Waals surface area (Å²) < 4.78 is 15.5. The number of thiazole rings is 1. The molecule has 0 saturated heterocycles. The average molecular weight is 296 g/mol. The number of halogens is 1. The number of hydrogen-bond acceptors (Lipinski definition) is 3. The van der Waals surface area contributed by atoms with Crippen LogP contribution < -0.4 is 10.6 Å². The van der Waals surface area contributed by atoms with E-state index in [4.69, 9.17) is 18.0 Å². The molecule has 0 atom stereocenters. The van der Waals surface area contributed by atoms with Crippen LogP contribution in [0.15, 0.2) is 23.0 Å². The molecule has 1 heterocycles. The van der Waals surface area contributed by atoms with Gasteiger partial charge in [0.25, 0.3) is 0 Å². The second-order valence-corrected chi connectivity index (χ2v) is 5.87. The van der Waals surface area contributed by atoms with Gasteiger partial charge in [-0.05, 0) is 19.9 Å². The van der Waals surface area contributed by atoms with Crippen LogP contribution in [0.1, 0.15) is 21.7 Å². The van der Waals surface area contributed by atoms with Gasteiger partial charge in [-0.15, -0.1) is 0 Å². The van der Waals surface area contributed by atoms with Gasteiger partial charge < -0.3 is 5.73 Å². The van der Waals surface area contributed by atoms with E-state index < -0.39 is 5.82 Å². The molecule has 1 aromatic heterocycles. The third-order valence-corrected chi connectivity index (χ3v) is 4.27. The van der Waals surface area contributed by atoms with E-state index >= 15 is 0 Å². The Morgan fingerprint density at radius 3 is 2.63 bits per heavy atom. The Labute approximate surface area is 119 Å². The molecule has 0 unspecified atom stereocenters. The Bertz CT molecular complexity index is 703. The van der Waals surface area contributed by atoms with Crippen LogP contribution in [-0.2, 0) is 6.54 Å². The molecule has 3 nitrogen and oxygen atoms in total. The lowest BCUT2D eigenvalue weighted by atomic mass is 10.1. The van der Waals surface area contributed by atoms with Gasteiger partial charge in [-0.25, -0.2) is 4.39 Å². The van der Waals surface area contributed by atoms with Crippen molar-refractivity contribution in [2.75, 3.05) is 0 Å². The van der Waals surface area contributed by atoms with Crippen molar-refractivity contribution in [3.05, 3.63) is 55.4 Å². The van der Waals surface area contributed by atoms with Crippen LogP contribution in [0.4, 0.5) is 4.39 Å². The maximum Gasteiger partial charge on any atom is 0.307 e. The molecule has 2 rings (SSSR count). The summed E-state index contributed by atoms with van der Waals surface area (Å²) in [6.45, 7) is 3.96. The highest BCUT2D eigenvalue weighted by molar-refractivity contribution is 7.80. The zero-order valence-corrected chi connectivity index (χ0v) is 12.2. The predicted molar refractivity (Wildman–Crippen MR) is 79.4 cm³/mol. The molecule has 0 radical (unpaired) electrons. The number of hydrogen-bond donors (Lipinski definition) is 1. The lowest BCUT2D eigenvalue weighted by molar-refractivity contribution is 0.595. The molecule has 1 aromatic carbocycles. The van der Waals surface area contributed by atoms with Gasteiger partial charge in [0, 0.05) is 21.7 Å². The fourth-order valence-corrected chi connectivity index (χ4v) is 2.73. The molecular weight excluding hydrogens is 283 g/mol. The van der Waals surface area contributed by atoms with Gasteiger partial charge in [0.2, 0.25) is 0 Å². The summed E-state index contributed by atoms with van der Waals surface area (Å²) in [5.41, 5.74) is 7.25. The molecule has 0 bridgehead atoms. The molecule has 100 valence electrons. The van der Waals surface area contributed by atoms with Crippen molar-refractivity contribution in [3.63, 3.8) is 0 Å². The maximum absolute atomic E-state index is 13.9. The normalized spacial score (nSPS) is 10.7. The highest BCUT2D eigenvalue weighted by Crippen LogP contribution is 2.15. The second-order valence-electron chi connectivity index (χ2n) is 4.27. The molecular formula is C13H13FN2OS2. The van der Waals surface area contributed by atoms with E-state index in [1.165, 1.54) is 17.4 Å². The first-order valence-corrected chi connectivity index (χ1v) is 6.87. The number of nitrogens with two attached hydrogens (primary N) is 1. The minimum absolute atomic E-state index is 0.0761. The average Bonchev–Trinajstić information content (AvgIpc) is 2.58. The van der Waals surface area contributed by atoms with E-state index in [9.17, 15) is 9.18 Å². The molecule has 0 spiro atoms. The first-order valence-electron chi connectivity index (χ1n) is 5.65. The Morgan fingerprint density at radius 1 is 1.47 bits per heavy atom. The lowest BCUT2D eigenvalue weighted by Crippen LogP contribution is -2.17. The Morgan fingerprint density at radius 2 is 2.16 bits per heavy atom. The Balaban J connectivity index is 2.39. The van der Waals surface area contributed by atoms with Crippen LogP contribution in [0.3, 0.4) is 0 Å². The Hall–Kier alpha value is -1.53. The standard InChI is InChI=1S/C13H13FN2OS2/c1-7-8(2)19-13(17)16(7)6-10-4-3-9(12(15)18)5-11(10)14/h3-5H,6H2,1-2H3,(H2,15,18). The molecule has 0 fully saturated rings. The van der Waals surface area contributed by atoms with E-state index in [0.717, 1.165) is 10.6 Å². The second kappa shape index (κ2) is 5.22. The van der Waals surface area contributed by atoms with E-state index in [-0.39, 0.29) is 16.4 Å². The van der Waals surface area contributed by atoms with Crippen LogP contribution in [-0.4, -0.2) is 9.56 Å². The molecule has 0 aliphatic carbocycles. The van der Waals surface area contributed by atoms with Crippen LogP contribution in [0.25, 0.3) is 0 Å². The van der Waals surface area contributed by atoms with Gasteiger partial charge in [-0.3, -0.25) is 9.36 Å². The third kappa shape index (κ3) is 2.74. The minimum Gasteiger partial charge on any atom is -0.389 e. The van der Waals surface area contributed by atoms with Gasteiger partial charge in [-0.1, -0.05) is 35.7 Å². The number of rotatable bonds is 3. The Kier molecular flexibility index (Phi) is 3.82. The van der Waals surface area contributed by atoms with Crippen molar-refractivity contribution in [1.29, 1.82) is 0 Å². The zero-order valence-electron chi connectivity index (χ0n) is 10.6. The number of benzene rings is 1. The largest absolute Gasteiger partial charge is 0.389 e. The summed E-state index contributed by atoms with van der Waals surface area (Å²) in [4.78, 5) is 12.8. The fraction of sp³-hybridized carbons (Fsp3) is 0.231. The van der Waals surface area contributed by atoms with E-state index in [0.29, 0.717) is 11.1 Å². The molecule has 6 heteroatoms. The van der Waals surface area contributed by atoms with Gasteiger partial charge in [-0.2, -0.15) is 0 Å². The summed E-state index contributed by atoms with van der Waals surface area (Å²) in [6.07, 6.45) is 0. The van der Waals surface area contributed by atoms with E-state index in [2.05, 4.69) is 0 Å². The molecule has 0 aliphatic rings. The van der Waals surface area contributed by atoms with Gasteiger partial charge in [0.15, 0.2) is 0 Å². The van der Waals surface area contributed by atoms with Crippen molar-refractivity contribution in [2.45, 2.75) is 20.4 Å². The van der Waals surface area contributed by atoms with E-state index in [1.807, 2.05) is 13.8 Å². The predicted octanol–water partition coefficient (Wildman–Crippen LogP) is 2.35. The molecule has 19 heavy (non-hydrogen) atoms. The topological polar surface area (TPSA) is 48.0 Å². The fourth-order valence-electron chi connectivity index (χ4n) is 1.77. The van der Waals surface area contributed by atoms with Crippen LogP contribution in [0.5, 0.6) is 0 Å². The van der Waals surface area contributed by atoms with Crippen molar-refractivity contribution in [1.82, 2.24) is 4.57 Å².